The highest BCUT2D eigenvalue weighted by atomic mass is 16.2. The van der Waals surface area contributed by atoms with Crippen molar-refractivity contribution in [3.8, 4) is 0 Å². The Morgan fingerprint density at radius 2 is 1.73 bits per heavy atom. The molecule has 0 fully saturated rings. The Hall–Kier alpha value is -2.88. The molecule has 0 radical (unpaired) electrons. The van der Waals surface area contributed by atoms with Gasteiger partial charge in [-0.1, -0.05) is 42.5 Å². The molecule has 4 heteroatoms. The SMILES string of the molecule is C[C@@H](NC(=O)c1c[nH]c2ccccc2c1=O)c1ccccc1. The van der Waals surface area contributed by atoms with Gasteiger partial charge in [0.1, 0.15) is 5.56 Å². The molecule has 0 unspecified atom stereocenters. The first-order chi connectivity index (χ1) is 10.7. The van der Waals surface area contributed by atoms with Crippen molar-refractivity contribution in [1.82, 2.24) is 10.3 Å². The van der Waals surface area contributed by atoms with E-state index in [9.17, 15) is 9.59 Å². The lowest BCUT2D eigenvalue weighted by atomic mass is 10.1. The average Bonchev–Trinajstić information content (AvgIpc) is 2.56. The van der Waals surface area contributed by atoms with Crippen molar-refractivity contribution in [3.63, 3.8) is 0 Å². The Balaban J connectivity index is 1.90. The van der Waals surface area contributed by atoms with Crippen LogP contribution in [0, 0.1) is 0 Å². The molecule has 1 atom stereocenters. The monoisotopic (exact) mass is 292 g/mol. The normalized spacial score (nSPS) is 12.0. The maximum Gasteiger partial charge on any atom is 0.257 e. The highest BCUT2D eigenvalue weighted by Gasteiger charge is 2.15. The fourth-order valence-electron chi connectivity index (χ4n) is 2.44. The summed E-state index contributed by atoms with van der Waals surface area (Å²) in [6.45, 7) is 1.89. The summed E-state index contributed by atoms with van der Waals surface area (Å²) in [5.41, 5.74) is 1.59. The Bertz CT molecular complexity index is 869. The van der Waals surface area contributed by atoms with Crippen molar-refractivity contribution in [2.24, 2.45) is 0 Å². The maximum atomic E-state index is 12.4. The molecule has 0 saturated carbocycles. The van der Waals surface area contributed by atoms with Gasteiger partial charge in [-0.15, -0.1) is 0 Å². The summed E-state index contributed by atoms with van der Waals surface area (Å²) in [7, 11) is 0. The molecule has 0 saturated heterocycles. The number of amides is 1. The third-order valence-electron chi connectivity index (χ3n) is 3.68. The van der Waals surface area contributed by atoms with Crippen molar-refractivity contribution < 1.29 is 4.79 Å². The topological polar surface area (TPSA) is 62.0 Å². The molecule has 1 heterocycles. The van der Waals surface area contributed by atoms with Crippen LogP contribution < -0.4 is 10.7 Å². The summed E-state index contributed by atoms with van der Waals surface area (Å²) in [5.74, 6) is -0.372. The van der Waals surface area contributed by atoms with E-state index in [0.717, 1.165) is 11.1 Å². The number of nitrogens with one attached hydrogen (secondary N) is 2. The maximum absolute atomic E-state index is 12.4. The number of carbonyl (C=O) groups excluding carboxylic acids is 1. The van der Waals surface area contributed by atoms with Gasteiger partial charge in [-0.25, -0.2) is 0 Å². The fourth-order valence-corrected chi connectivity index (χ4v) is 2.44. The Morgan fingerprint density at radius 1 is 1.05 bits per heavy atom. The minimum Gasteiger partial charge on any atom is -0.360 e. The Labute approximate surface area is 127 Å². The second-order valence-corrected chi connectivity index (χ2v) is 5.18. The summed E-state index contributed by atoms with van der Waals surface area (Å²) in [6, 6.07) is 16.6. The van der Waals surface area contributed by atoms with Crippen molar-refractivity contribution in [2.75, 3.05) is 0 Å². The molecule has 110 valence electrons. The fraction of sp³-hybridized carbons (Fsp3) is 0.111. The standard InChI is InChI=1S/C18H16N2O2/c1-12(13-7-3-2-4-8-13)20-18(22)15-11-19-16-10-6-5-9-14(16)17(15)21/h2-12H,1H3,(H,19,21)(H,20,22)/t12-/m1/s1. The van der Waals surface area contributed by atoms with Gasteiger partial charge in [0.25, 0.3) is 5.91 Å². The van der Waals surface area contributed by atoms with Crippen LogP contribution in [0.25, 0.3) is 10.9 Å². The van der Waals surface area contributed by atoms with Gasteiger partial charge in [-0.2, -0.15) is 0 Å². The van der Waals surface area contributed by atoms with E-state index in [2.05, 4.69) is 10.3 Å². The smallest absolute Gasteiger partial charge is 0.257 e. The quantitative estimate of drug-likeness (QED) is 0.779. The lowest BCUT2D eigenvalue weighted by molar-refractivity contribution is 0.0938. The predicted octanol–water partition coefficient (Wildman–Crippen LogP) is 3.02. The van der Waals surface area contributed by atoms with Crippen LogP contribution in [-0.4, -0.2) is 10.9 Å². The highest BCUT2D eigenvalue weighted by molar-refractivity contribution is 5.97. The first-order valence-electron chi connectivity index (χ1n) is 7.13. The first kappa shape index (κ1) is 14.1. The number of aromatic nitrogens is 1. The zero-order chi connectivity index (χ0) is 15.5. The van der Waals surface area contributed by atoms with Gasteiger partial charge in [0.05, 0.1) is 6.04 Å². The molecule has 22 heavy (non-hydrogen) atoms. The number of fused-ring (bicyclic) bond motifs is 1. The molecule has 2 aromatic carbocycles. The Morgan fingerprint density at radius 3 is 2.50 bits per heavy atom. The van der Waals surface area contributed by atoms with Crippen LogP contribution in [-0.2, 0) is 0 Å². The molecular formula is C18H16N2O2. The van der Waals surface area contributed by atoms with Crippen LogP contribution >= 0.6 is 0 Å². The van der Waals surface area contributed by atoms with E-state index in [-0.39, 0.29) is 22.9 Å². The summed E-state index contributed by atoms with van der Waals surface area (Å²) >= 11 is 0. The zero-order valence-electron chi connectivity index (χ0n) is 12.2. The van der Waals surface area contributed by atoms with E-state index >= 15 is 0 Å². The van der Waals surface area contributed by atoms with Gasteiger partial charge < -0.3 is 10.3 Å². The Kier molecular flexibility index (Phi) is 3.74. The van der Waals surface area contributed by atoms with Crippen LogP contribution in [0.15, 0.2) is 65.6 Å². The van der Waals surface area contributed by atoms with E-state index in [1.807, 2.05) is 49.4 Å². The van der Waals surface area contributed by atoms with E-state index < -0.39 is 0 Å². The highest BCUT2D eigenvalue weighted by Crippen LogP contribution is 2.12. The molecule has 0 aliphatic heterocycles. The predicted molar refractivity (Wildman–Crippen MR) is 86.9 cm³/mol. The van der Waals surface area contributed by atoms with Gasteiger partial charge >= 0.3 is 0 Å². The molecule has 4 nitrogen and oxygen atoms in total. The summed E-state index contributed by atoms with van der Waals surface area (Å²) in [6.07, 6.45) is 1.47. The molecular weight excluding hydrogens is 276 g/mol. The second-order valence-electron chi connectivity index (χ2n) is 5.18. The van der Waals surface area contributed by atoms with Gasteiger partial charge in [-0.05, 0) is 24.6 Å². The van der Waals surface area contributed by atoms with Crippen LogP contribution in [0.3, 0.4) is 0 Å². The molecule has 0 spiro atoms. The number of aromatic amines is 1. The number of benzene rings is 2. The largest absolute Gasteiger partial charge is 0.360 e. The minimum absolute atomic E-state index is 0.126. The number of H-pyrrole nitrogens is 1. The van der Waals surface area contributed by atoms with Gasteiger partial charge in [0.15, 0.2) is 0 Å². The zero-order valence-corrected chi connectivity index (χ0v) is 12.2. The van der Waals surface area contributed by atoms with Gasteiger partial charge in [0, 0.05) is 17.1 Å². The number of hydrogen-bond acceptors (Lipinski definition) is 2. The van der Waals surface area contributed by atoms with E-state index in [0.29, 0.717) is 5.39 Å². The molecule has 0 aliphatic carbocycles. The molecule has 3 rings (SSSR count). The number of carbonyl (C=O) groups is 1. The minimum atomic E-state index is -0.372. The van der Waals surface area contributed by atoms with Gasteiger partial charge in [0.2, 0.25) is 5.43 Å². The summed E-state index contributed by atoms with van der Waals surface area (Å²) in [4.78, 5) is 27.8. The number of hydrogen-bond donors (Lipinski definition) is 2. The van der Waals surface area contributed by atoms with Crippen LogP contribution in [0.5, 0.6) is 0 Å². The first-order valence-corrected chi connectivity index (χ1v) is 7.13. The van der Waals surface area contributed by atoms with Crippen molar-refractivity contribution in [2.45, 2.75) is 13.0 Å². The number of rotatable bonds is 3. The molecule has 3 aromatic rings. The van der Waals surface area contributed by atoms with Crippen molar-refractivity contribution in [1.29, 1.82) is 0 Å². The third kappa shape index (κ3) is 2.63. The third-order valence-corrected chi connectivity index (χ3v) is 3.68. The number of pyridine rings is 1. The van der Waals surface area contributed by atoms with Gasteiger partial charge in [-0.3, -0.25) is 9.59 Å². The molecule has 0 bridgehead atoms. The average molecular weight is 292 g/mol. The lowest BCUT2D eigenvalue weighted by Crippen LogP contribution is -2.31. The summed E-state index contributed by atoms with van der Waals surface area (Å²) < 4.78 is 0. The van der Waals surface area contributed by atoms with Crippen LogP contribution in [0.1, 0.15) is 28.9 Å². The molecule has 0 aliphatic rings. The second kappa shape index (κ2) is 5.85. The number of para-hydroxylation sites is 1. The molecule has 2 N–H and O–H groups in total. The lowest BCUT2D eigenvalue weighted by Gasteiger charge is -2.14. The van der Waals surface area contributed by atoms with Crippen molar-refractivity contribution >= 4 is 16.8 Å². The van der Waals surface area contributed by atoms with E-state index in [4.69, 9.17) is 0 Å². The van der Waals surface area contributed by atoms with E-state index in [1.165, 1.54) is 6.20 Å². The van der Waals surface area contributed by atoms with E-state index in [1.54, 1.807) is 12.1 Å². The van der Waals surface area contributed by atoms with Crippen LogP contribution in [0.4, 0.5) is 0 Å². The summed E-state index contributed by atoms with van der Waals surface area (Å²) in [5, 5.41) is 3.38. The molecule has 1 aromatic heterocycles. The van der Waals surface area contributed by atoms with Crippen molar-refractivity contribution in [3.05, 3.63) is 82.1 Å². The van der Waals surface area contributed by atoms with Crippen LogP contribution in [0.2, 0.25) is 0 Å². The molecule has 1 amide bonds.